The highest BCUT2D eigenvalue weighted by Crippen LogP contribution is 2.16. The van der Waals surface area contributed by atoms with Gasteiger partial charge in [0, 0.05) is 32.3 Å². The Labute approximate surface area is 123 Å². The van der Waals surface area contributed by atoms with Crippen LogP contribution in [0.4, 0.5) is 15.8 Å². The summed E-state index contributed by atoms with van der Waals surface area (Å²) in [6.45, 7) is 1.64. The third-order valence-corrected chi connectivity index (χ3v) is 2.80. The summed E-state index contributed by atoms with van der Waals surface area (Å²) in [6.07, 6.45) is 0.334. The summed E-state index contributed by atoms with van der Waals surface area (Å²) in [5, 5.41) is 11.3. The summed E-state index contributed by atoms with van der Waals surface area (Å²) in [4.78, 5) is 13.7. The molecule has 6 nitrogen and oxygen atoms in total. The smallest absolute Gasteiger partial charge is 0.238 e. The van der Waals surface area contributed by atoms with Crippen LogP contribution in [0.2, 0.25) is 0 Å². The first-order valence-corrected chi connectivity index (χ1v) is 6.50. The second-order valence-electron chi connectivity index (χ2n) is 4.46. The van der Waals surface area contributed by atoms with Gasteiger partial charge >= 0.3 is 0 Å². The van der Waals surface area contributed by atoms with E-state index in [-0.39, 0.29) is 18.1 Å². The number of amides is 1. The number of ether oxygens (including phenoxy) is 1. The molecular formula is C14H19FN4O2. The molecule has 0 bridgehead atoms. The first kappa shape index (κ1) is 16.9. The van der Waals surface area contributed by atoms with Crippen LogP contribution in [0.15, 0.2) is 18.2 Å². The van der Waals surface area contributed by atoms with Crippen LogP contribution in [0.1, 0.15) is 6.42 Å². The number of nitriles is 1. The highest BCUT2D eigenvalue weighted by atomic mass is 19.1. The van der Waals surface area contributed by atoms with E-state index in [2.05, 4.69) is 5.32 Å². The molecule has 0 radical (unpaired) electrons. The lowest BCUT2D eigenvalue weighted by Crippen LogP contribution is -2.36. The molecule has 3 N–H and O–H groups in total. The standard InChI is InChI=1S/C14H19FN4O2/c1-21-8-7-19(6-2-5-16)10-14(20)18-11-3-4-12(15)13(17)9-11/h3-4,9H,2,6-8,10,17H2,1H3,(H,18,20). The number of carbonyl (C=O) groups is 1. The van der Waals surface area contributed by atoms with E-state index in [1.165, 1.54) is 18.2 Å². The van der Waals surface area contributed by atoms with Gasteiger partial charge in [-0.15, -0.1) is 0 Å². The topological polar surface area (TPSA) is 91.4 Å². The van der Waals surface area contributed by atoms with Crippen molar-refractivity contribution < 1.29 is 13.9 Å². The van der Waals surface area contributed by atoms with Crippen LogP contribution in [-0.2, 0) is 9.53 Å². The molecule has 0 aliphatic carbocycles. The Bertz CT molecular complexity index is 516. The molecule has 0 atom stereocenters. The molecule has 0 aliphatic heterocycles. The van der Waals surface area contributed by atoms with Crippen LogP contribution in [0.3, 0.4) is 0 Å². The van der Waals surface area contributed by atoms with Gasteiger partial charge in [0.15, 0.2) is 0 Å². The van der Waals surface area contributed by atoms with E-state index < -0.39 is 5.82 Å². The molecule has 0 unspecified atom stereocenters. The van der Waals surface area contributed by atoms with Crippen LogP contribution in [0, 0.1) is 17.1 Å². The van der Waals surface area contributed by atoms with Crippen molar-refractivity contribution in [2.45, 2.75) is 6.42 Å². The fourth-order valence-corrected chi connectivity index (χ4v) is 1.72. The van der Waals surface area contributed by atoms with Gasteiger partial charge in [0.25, 0.3) is 0 Å². The van der Waals surface area contributed by atoms with E-state index in [0.717, 1.165) is 0 Å². The maximum Gasteiger partial charge on any atom is 0.238 e. The second-order valence-corrected chi connectivity index (χ2v) is 4.46. The number of anilines is 2. The first-order valence-electron chi connectivity index (χ1n) is 6.50. The maximum absolute atomic E-state index is 13.0. The largest absolute Gasteiger partial charge is 0.396 e. The highest BCUT2D eigenvalue weighted by Gasteiger charge is 2.11. The van der Waals surface area contributed by atoms with Gasteiger partial charge in [-0.2, -0.15) is 5.26 Å². The molecule has 1 aromatic carbocycles. The monoisotopic (exact) mass is 294 g/mol. The fourth-order valence-electron chi connectivity index (χ4n) is 1.72. The summed E-state index contributed by atoms with van der Waals surface area (Å²) in [6, 6.07) is 6.04. The Morgan fingerprint density at radius 3 is 2.90 bits per heavy atom. The van der Waals surface area contributed by atoms with Crippen molar-refractivity contribution in [1.29, 1.82) is 5.26 Å². The van der Waals surface area contributed by atoms with Crippen LogP contribution in [-0.4, -0.2) is 44.2 Å². The van der Waals surface area contributed by atoms with Crippen molar-refractivity contribution in [3.63, 3.8) is 0 Å². The number of benzene rings is 1. The van der Waals surface area contributed by atoms with Gasteiger partial charge in [-0.3, -0.25) is 9.69 Å². The minimum atomic E-state index is -0.524. The van der Waals surface area contributed by atoms with Gasteiger partial charge in [0.1, 0.15) is 5.82 Å². The molecule has 0 heterocycles. The zero-order valence-corrected chi connectivity index (χ0v) is 11.9. The summed E-state index contributed by atoms with van der Waals surface area (Å²) in [5.74, 6) is -0.779. The van der Waals surface area contributed by atoms with E-state index in [9.17, 15) is 9.18 Å². The number of nitrogens with two attached hydrogens (primary N) is 1. The first-order chi connectivity index (χ1) is 10.1. The number of nitrogens with one attached hydrogen (secondary N) is 1. The molecule has 1 aromatic rings. The van der Waals surface area contributed by atoms with Gasteiger partial charge in [0.2, 0.25) is 5.91 Å². The average molecular weight is 294 g/mol. The van der Waals surface area contributed by atoms with E-state index in [1.807, 2.05) is 11.0 Å². The lowest BCUT2D eigenvalue weighted by Gasteiger charge is -2.20. The minimum absolute atomic E-state index is 0.0199. The molecular weight excluding hydrogens is 275 g/mol. The Morgan fingerprint density at radius 2 is 2.29 bits per heavy atom. The molecule has 0 saturated carbocycles. The number of hydrogen-bond donors (Lipinski definition) is 2. The van der Waals surface area contributed by atoms with Gasteiger partial charge in [-0.05, 0) is 18.2 Å². The van der Waals surface area contributed by atoms with Gasteiger partial charge < -0.3 is 15.8 Å². The van der Waals surface area contributed by atoms with Crippen LogP contribution in [0.25, 0.3) is 0 Å². The van der Waals surface area contributed by atoms with Gasteiger partial charge in [-0.1, -0.05) is 0 Å². The van der Waals surface area contributed by atoms with Crippen molar-refractivity contribution in [2.75, 3.05) is 44.4 Å². The molecule has 0 aromatic heterocycles. The van der Waals surface area contributed by atoms with E-state index in [1.54, 1.807) is 7.11 Å². The number of nitrogens with zero attached hydrogens (tertiary/aromatic N) is 2. The minimum Gasteiger partial charge on any atom is -0.396 e. The van der Waals surface area contributed by atoms with Crippen molar-refractivity contribution in [3.8, 4) is 6.07 Å². The molecule has 1 amide bonds. The van der Waals surface area contributed by atoms with Crippen LogP contribution < -0.4 is 11.1 Å². The van der Waals surface area contributed by atoms with Crippen molar-refractivity contribution >= 4 is 17.3 Å². The number of nitrogen functional groups attached to an aromatic ring is 1. The molecule has 0 saturated heterocycles. The maximum atomic E-state index is 13.0. The Balaban J connectivity index is 2.55. The number of halogens is 1. The van der Waals surface area contributed by atoms with Crippen LogP contribution in [0.5, 0.6) is 0 Å². The molecule has 1 rings (SSSR count). The number of methoxy groups -OCH3 is 1. The van der Waals surface area contributed by atoms with Gasteiger partial charge in [0.05, 0.1) is 24.9 Å². The lowest BCUT2D eigenvalue weighted by atomic mass is 10.2. The quantitative estimate of drug-likeness (QED) is 0.703. The molecule has 0 spiro atoms. The summed E-state index contributed by atoms with van der Waals surface area (Å²) < 4.78 is 18.0. The normalized spacial score (nSPS) is 10.4. The third kappa shape index (κ3) is 6.21. The molecule has 21 heavy (non-hydrogen) atoms. The number of hydrogen-bond acceptors (Lipinski definition) is 5. The molecule has 0 aliphatic rings. The SMILES string of the molecule is COCCN(CCC#N)CC(=O)Nc1ccc(F)c(N)c1. The average Bonchev–Trinajstić information content (AvgIpc) is 2.45. The summed E-state index contributed by atoms with van der Waals surface area (Å²) in [7, 11) is 1.57. The lowest BCUT2D eigenvalue weighted by molar-refractivity contribution is -0.117. The number of carbonyl (C=O) groups excluding carboxylic acids is 1. The van der Waals surface area contributed by atoms with Crippen molar-refractivity contribution in [1.82, 2.24) is 4.90 Å². The Hall–Kier alpha value is -2.17. The number of rotatable bonds is 8. The van der Waals surface area contributed by atoms with Crippen molar-refractivity contribution in [2.24, 2.45) is 0 Å². The Morgan fingerprint density at radius 1 is 1.52 bits per heavy atom. The van der Waals surface area contributed by atoms with Gasteiger partial charge in [-0.25, -0.2) is 4.39 Å². The van der Waals surface area contributed by atoms with E-state index in [4.69, 9.17) is 15.7 Å². The van der Waals surface area contributed by atoms with E-state index >= 15 is 0 Å². The third-order valence-electron chi connectivity index (χ3n) is 2.80. The zero-order chi connectivity index (χ0) is 15.7. The highest BCUT2D eigenvalue weighted by molar-refractivity contribution is 5.92. The zero-order valence-electron chi connectivity index (χ0n) is 11.9. The molecule has 7 heteroatoms. The predicted molar refractivity (Wildman–Crippen MR) is 78.0 cm³/mol. The second kappa shape index (κ2) is 8.89. The summed E-state index contributed by atoms with van der Waals surface area (Å²) in [5.41, 5.74) is 5.86. The molecule has 0 fully saturated rings. The predicted octanol–water partition coefficient (Wildman–Crippen LogP) is 1.21. The molecule has 114 valence electrons. The van der Waals surface area contributed by atoms with E-state index in [0.29, 0.717) is 31.8 Å². The fraction of sp³-hybridized carbons (Fsp3) is 0.429. The van der Waals surface area contributed by atoms with Crippen molar-refractivity contribution in [3.05, 3.63) is 24.0 Å². The van der Waals surface area contributed by atoms with Crippen LogP contribution >= 0.6 is 0 Å². The summed E-state index contributed by atoms with van der Waals surface area (Å²) >= 11 is 0. The Kier molecular flexibility index (Phi) is 7.15.